The second kappa shape index (κ2) is 3.17. The number of nitrogens with zero attached hydrogens (tertiary/aromatic N) is 1. The molecule has 2 rings (SSSR count). The minimum Gasteiger partial charge on any atom is -0.462 e. The Morgan fingerprint density at radius 3 is 2.79 bits per heavy atom. The maximum absolute atomic E-state index is 6.08. The zero-order valence-electron chi connectivity index (χ0n) is 7.83. The first-order valence-electron chi connectivity index (χ1n) is 4.35. The normalized spacial score (nSPS) is 25.7. The van der Waals surface area contributed by atoms with Gasteiger partial charge in [0.05, 0.1) is 0 Å². The van der Waals surface area contributed by atoms with E-state index in [9.17, 15) is 0 Å². The predicted octanol–water partition coefficient (Wildman–Crippen LogP) is 1.90. The van der Waals surface area contributed by atoms with Gasteiger partial charge in [-0.2, -0.15) is 0 Å². The highest BCUT2D eigenvalue weighted by Gasteiger charge is 2.34. The molecule has 1 aromatic carbocycles. The lowest BCUT2D eigenvalue weighted by atomic mass is 9.94. The van der Waals surface area contributed by atoms with E-state index >= 15 is 0 Å². The minimum atomic E-state index is -0.442. The van der Waals surface area contributed by atoms with Gasteiger partial charge in [-0.25, -0.2) is 4.99 Å². The van der Waals surface area contributed by atoms with Gasteiger partial charge < -0.3 is 10.5 Å². The number of hydrogen-bond donors (Lipinski definition) is 1. The van der Waals surface area contributed by atoms with Crippen LogP contribution < -0.4 is 5.73 Å². The lowest BCUT2D eigenvalue weighted by molar-refractivity contribution is 0.266. The van der Waals surface area contributed by atoms with Crippen LogP contribution in [0.15, 0.2) is 29.3 Å². The van der Waals surface area contributed by atoms with Crippen LogP contribution in [0.25, 0.3) is 0 Å². The average Bonchev–Trinajstić information content (AvgIpc) is 2.48. The molecule has 0 bridgehead atoms. The van der Waals surface area contributed by atoms with Gasteiger partial charge in [-0.1, -0.05) is 29.8 Å². The van der Waals surface area contributed by atoms with Crippen molar-refractivity contribution in [2.45, 2.75) is 12.5 Å². The van der Waals surface area contributed by atoms with Gasteiger partial charge in [0.2, 0.25) is 0 Å². The second-order valence-electron chi connectivity index (χ2n) is 3.49. The fourth-order valence-electron chi connectivity index (χ4n) is 1.56. The third kappa shape index (κ3) is 1.44. The van der Waals surface area contributed by atoms with E-state index in [4.69, 9.17) is 22.1 Å². The topological polar surface area (TPSA) is 47.6 Å². The lowest BCUT2D eigenvalue weighted by Gasteiger charge is -2.19. The van der Waals surface area contributed by atoms with Gasteiger partial charge in [-0.15, -0.1) is 0 Å². The molecule has 1 aliphatic heterocycles. The van der Waals surface area contributed by atoms with Gasteiger partial charge in [0.25, 0.3) is 6.02 Å². The summed E-state index contributed by atoms with van der Waals surface area (Å²) in [6, 6.07) is 7.82. The highest BCUT2D eigenvalue weighted by Crippen LogP contribution is 2.34. The van der Waals surface area contributed by atoms with Crippen LogP contribution in [0.3, 0.4) is 0 Å². The Balaban J connectivity index is 2.45. The molecule has 0 unspecified atom stereocenters. The van der Waals surface area contributed by atoms with Crippen molar-refractivity contribution in [2.24, 2.45) is 10.7 Å². The van der Waals surface area contributed by atoms with Crippen molar-refractivity contribution in [2.75, 3.05) is 6.61 Å². The standard InChI is InChI=1S/C10H11ClN2O/c1-10(6-14-9(12)13-10)7-4-2-3-5-8(7)11/h2-5H,6H2,1H3,(H2,12,13)/t10-/m0/s1. The fourth-order valence-corrected chi connectivity index (χ4v) is 1.90. The zero-order chi connectivity index (χ0) is 10.2. The molecule has 1 heterocycles. The molecule has 0 amide bonds. The summed E-state index contributed by atoms with van der Waals surface area (Å²) >= 11 is 6.08. The van der Waals surface area contributed by atoms with Gasteiger partial charge >= 0.3 is 0 Å². The predicted molar refractivity (Wildman–Crippen MR) is 56.4 cm³/mol. The summed E-state index contributed by atoms with van der Waals surface area (Å²) < 4.78 is 5.15. The van der Waals surface area contributed by atoms with Gasteiger partial charge in [0.15, 0.2) is 0 Å². The van der Waals surface area contributed by atoms with Crippen LogP contribution in [0.1, 0.15) is 12.5 Å². The zero-order valence-corrected chi connectivity index (χ0v) is 8.58. The molecule has 4 heteroatoms. The number of nitrogens with two attached hydrogens (primary N) is 1. The number of hydrogen-bond acceptors (Lipinski definition) is 3. The number of halogens is 1. The first-order valence-corrected chi connectivity index (χ1v) is 4.73. The average molecular weight is 211 g/mol. The number of benzene rings is 1. The van der Waals surface area contributed by atoms with Crippen LogP contribution in [0.2, 0.25) is 5.02 Å². The summed E-state index contributed by atoms with van der Waals surface area (Å²) in [5.41, 5.74) is 5.99. The van der Waals surface area contributed by atoms with Crippen LogP contribution in [-0.2, 0) is 10.3 Å². The Morgan fingerprint density at radius 1 is 1.50 bits per heavy atom. The van der Waals surface area contributed by atoms with Crippen molar-refractivity contribution in [3.8, 4) is 0 Å². The monoisotopic (exact) mass is 210 g/mol. The van der Waals surface area contributed by atoms with Crippen LogP contribution >= 0.6 is 11.6 Å². The molecule has 0 fully saturated rings. The van der Waals surface area contributed by atoms with Crippen LogP contribution in [0.5, 0.6) is 0 Å². The van der Waals surface area contributed by atoms with Gasteiger partial charge in [-0.05, 0) is 13.0 Å². The summed E-state index contributed by atoms with van der Waals surface area (Å²) in [4.78, 5) is 4.24. The summed E-state index contributed by atoms with van der Waals surface area (Å²) in [6.07, 6.45) is 0. The van der Waals surface area contributed by atoms with E-state index in [0.29, 0.717) is 11.6 Å². The molecule has 3 nitrogen and oxygen atoms in total. The SMILES string of the molecule is C[C@@]1(c2ccccc2Cl)COC(N)=N1. The van der Waals surface area contributed by atoms with Gasteiger partial charge in [-0.3, -0.25) is 0 Å². The Labute approximate surface area is 87.5 Å². The Morgan fingerprint density at radius 2 is 2.21 bits per heavy atom. The van der Waals surface area contributed by atoms with Crippen LogP contribution in [-0.4, -0.2) is 12.6 Å². The molecule has 1 atom stereocenters. The van der Waals surface area contributed by atoms with Crippen molar-refractivity contribution in [3.05, 3.63) is 34.9 Å². The van der Waals surface area contributed by atoms with Crippen molar-refractivity contribution in [1.29, 1.82) is 0 Å². The first-order chi connectivity index (χ1) is 6.62. The third-order valence-corrected chi connectivity index (χ3v) is 2.64. The van der Waals surface area contributed by atoms with Gasteiger partial charge in [0, 0.05) is 10.6 Å². The van der Waals surface area contributed by atoms with Crippen molar-refractivity contribution in [3.63, 3.8) is 0 Å². The molecule has 0 saturated carbocycles. The highest BCUT2D eigenvalue weighted by molar-refractivity contribution is 6.31. The summed E-state index contributed by atoms with van der Waals surface area (Å²) in [5, 5.41) is 0.692. The van der Waals surface area contributed by atoms with Crippen molar-refractivity contribution < 1.29 is 4.74 Å². The minimum absolute atomic E-state index is 0.229. The maximum atomic E-state index is 6.08. The quantitative estimate of drug-likeness (QED) is 0.770. The molecule has 1 aromatic rings. The van der Waals surface area contributed by atoms with E-state index in [0.717, 1.165) is 5.56 Å². The maximum Gasteiger partial charge on any atom is 0.283 e. The molecule has 0 radical (unpaired) electrons. The molecule has 2 N–H and O–H groups in total. The second-order valence-corrected chi connectivity index (χ2v) is 3.90. The molecule has 74 valence electrons. The van der Waals surface area contributed by atoms with Crippen molar-refractivity contribution in [1.82, 2.24) is 0 Å². The Hall–Kier alpha value is -1.22. The molecule has 14 heavy (non-hydrogen) atoms. The largest absolute Gasteiger partial charge is 0.462 e. The summed E-state index contributed by atoms with van der Waals surface area (Å²) in [6.45, 7) is 2.40. The molecule has 0 saturated heterocycles. The van der Waals surface area contributed by atoms with E-state index in [2.05, 4.69) is 4.99 Å². The molecular formula is C10H11ClN2O. The number of amidine groups is 1. The van der Waals surface area contributed by atoms with Crippen LogP contribution in [0.4, 0.5) is 0 Å². The van der Waals surface area contributed by atoms with E-state index in [-0.39, 0.29) is 6.02 Å². The van der Waals surface area contributed by atoms with E-state index < -0.39 is 5.54 Å². The highest BCUT2D eigenvalue weighted by atomic mass is 35.5. The first kappa shape index (κ1) is 9.34. The van der Waals surface area contributed by atoms with Crippen LogP contribution in [0, 0.1) is 0 Å². The van der Waals surface area contributed by atoms with E-state index in [1.54, 1.807) is 0 Å². The molecule has 0 aliphatic carbocycles. The smallest absolute Gasteiger partial charge is 0.283 e. The number of aliphatic imine (C=N–C) groups is 1. The summed E-state index contributed by atoms with van der Waals surface area (Å²) in [5.74, 6) is 0. The molecule has 1 aliphatic rings. The molecular weight excluding hydrogens is 200 g/mol. The fraction of sp³-hybridized carbons (Fsp3) is 0.300. The Kier molecular flexibility index (Phi) is 2.11. The molecule has 0 spiro atoms. The molecule has 0 aromatic heterocycles. The van der Waals surface area contributed by atoms with Crippen molar-refractivity contribution >= 4 is 17.6 Å². The number of ether oxygens (including phenoxy) is 1. The number of rotatable bonds is 1. The lowest BCUT2D eigenvalue weighted by Crippen LogP contribution is -2.21. The van der Waals surface area contributed by atoms with E-state index in [1.165, 1.54) is 0 Å². The third-order valence-electron chi connectivity index (χ3n) is 2.31. The van der Waals surface area contributed by atoms with Gasteiger partial charge in [0.1, 0.15) is 12.1 Å². The summed E-state index contributed by atoms with van der Waals surface area (Å²) in [7, 11) is 0. The van der Waals surface area contributed by atoms with E-state index in [1.807, 2.05) is 31.2 Å². The Bertz CT molecular complexity index is 391.